The molecule has 1 atom stereocenters. The molecule has 2 aromatic rings. The van der Waals surface area contributed by atoms with Gasteiger partial charge < -0.3 is 14.8 Å². The van der Waals surface area contributed by atoms with E-state index in [2.05, 4.69) is 5.32 Å². The van der Waals surface area contributed by atoms with Crippen LogP contribution in [0.5, 0.6) is 11.5 Å². The first kappa shape index (κ1) is 17.1. The molecular formula is C18H17ClN2O4. The molecule has 0 aliphatic carbocycles. The fourth-order valence-corrected chi connectivity index (χ4v) is 3.03. The molecule has 2 amide bonds. The van der Waals surface area contributed by atoms with Crippen molar-refractivity contribution in [2.45, 2.75) is 12.5 Å². The third kappa shape index (κ3) is 3.25. The number of anilines is 2. The highest BCUT2D eigenvalue weighted by atomic mass is 35.5. The van der Waals surface area contributed by atoms with E-state index in [1.165, 1.54) is 14.2 Å². The normalized spacial score (nSPS) is 16.9. The molecule has 25 heavy (non-hydrogen) atoms. The summed E-state index contributed by atoms with van der Waals surface area (Å²) in [5.41, 5.74) is 1.08. The van der Waals surface area contributed by atoms with E-state index in [0.29, 0.717) is 27.9 Å². The molecule has 1 fully saturated rings. The highest BCUT2D eigenvalue weighted by Gasteiger charge is 2.40. The van der Waals surface area contributed by atoms with Crippen molar-refractivity contribution in [1.29, 1.82) is 0 Å². The highest BCUT2D eigenvalue weighted by Crippen LogP contribution is 2.33. The molecule has 1 heterocycles. The summed E-state index contributed by atoms with van der Waals surface area (Å²) >= 11 is 6.10. The van der Waals surface area contributed by atoms with E-state index in [4.69, 9.17) is 21.1 Å². The highest BCUT2D eigenvalue weighted by molar-refractivity contribution is 6.32. The zero-order valence-corrected chi connectivity index (χ0v) is 14.5. The summed E-state index contributed by atoms with van der Waals surface area (Å²) in [6, 6.07) is 11.4. The van der Waals surface area contributed by atoms with Crippen LogP contribution < -0.4 is 19.7 Å². The summed E-state index contributed by atoms with van der Waals surface area (Å²) in [6.07, 6.45) is 0.0561. The lowest BCUT2D eigenvalue weighted by molar-refractivity contribution is -0.121. The van der Waals surface area contributed by atoms with Gasteiger partial charge in [-0.1, -0.05) is 23.7 Å². The average Bonchev–Trinajstić information content (AvgIpc) is 2.88. The maximum atomic E-state index is 12.7. The van der Waals surface area contributed by atoms with Crippen LogP contribution in [0.15, 0.2) is 42.5 Å². The molecule has 6 nitrogen and oxygen atoms in total. The Hall–Kier alpha value is -2.73. The number of ether oxygens (including phenoxy) is 2. The SMILES string of the molecule is COc1ccc(N[C@@H]2CC(=O)N(c3ccccc3OC)C2=O)cc1Cl. The Bertz CT molecular complexity index is 824. The summed E-state index contributed by atoms with van der Waals surface area (Å²) in [6.45, 7) is 0. The number of methoxy groups -OCH3 is 2. The molecule has 0 aromatic heterocycles. The largest absolute Gasteiger partial charge is 0.495 e. The molecule has 1 aliphatic heterocycles. The number of rotatable bonds is 5. The quantitative estimate of drug-likeness (QED) is 0.830. The lowest BCUT2D eigenvalue weighted by Crippen LogP contribution is -2.35. The van der Waals surface area contributed by atoms with Gasteiger partial charge in [-0.25, -0.2) is 4.90 Å². The van der Waals surface area contributed by atoms with Gasteiger partial charge in [-0.2, -0.15) is 0 Å². The van der Waals surface area contributed by atoms with E-state index < -0.39 is 6.04 Å². The van der Waals surface area contributed by atoms with E-state index >= 15 is 0 Å². The molecule has 0 saturated carbocycles. The monoisotopic (exact) mass is 360 g/mol. The number of hydrogen-bond donors (Lipinski definition) is 1. The Kier molecular flexibility index (Phi) is 4.81. The number of carbonyl (C=O) groups excluding carboxylic acids is 2. The minimum absolute atomic E-state index is 0.0561. The standard InChI is InChI=1S/C18H17ClN2O4/c1-24-15-8-7-11(9-12(15)19)20-13-10-17(22)21(18(13)23)14-5-3-4-6-16(14)25-2/h3-9,13,20H,10H2,1-2H3/t13-/m1/s1. The number of nitrogens with zero attached hydrogens (tertiary/aromatic N) is 1. The van der Waals surface area contributed by atoms with Gasteiger partial charge in [0.1, 0.15) is 17.5 Å². The molecule has 1 aliphatic rings. The zero-order valence-electron chi connectivity index (χ0n) is 13.8. The summed E-state index contributed by atoms with van der Waals surface area (Å²) in [7, 11) is 3.03. The van der Waals surface area contributed by atoms with E-state index in [9.17, 15) is 9.59 Å². The lowest BCUT2D eigenvalue weighted by Gasteiger charge is -2.18. The summed E-state index contributed by atoms with van der Waals surface area (Å²) in [4.78, 5) is 26.3. The van der Waals surface area contributed by atoms with Crippen LogP contribution in [0.4, 0.5) is 11.4 Å². The second-order valence-electron chi connectivity index (χ2n) is 5.49. The Morgan fingerprint density at radius 2 is 1.80 bits per heavy atom. The zero-order chi connectivity index (χ0) is 18.0. The average molecular weight is 361 g/mol. The summed E-state index contributed by atoms with van der Waals surface area (Å²) < 4.78 is 10.4. The van der Waals surface area contributed by atoms with Crippen LogP contribution in [0.1, 0.15) is 6.42 Å². The molecular weight excluding hydrogens is 344 g/mol. The van der Waals surface area contributed by atoms with Crippen molar-refractivity contribution in [3.63, 3.8) is 0 Å². The van der Waals surface area contributed by atoms with Gasteiger partial charge in [0.15, 0.2) is 0 Å². The maximum Gasteiger partial charge on any atom is 0.256 e. The number of halogens is 1. The van der Waals surface area contributed by atoms with Crippen molar-refractivity contribution in [2.75, 3.05) is 24.4 Å². The predicted molar refractivity (Wildman–Crippen MR) is 95.5 cm³/mol. The van der Waals surface area contributed by atoms with Gasteiger partial charge in [0.25, 0.3) is 5.91 Å². The van der Waals surface area contributed by atoms with Crippen LogP contribution in [-0.4, -0.2) is 32.1 Å². The fourth-order valence-electron chi connectivity index (χ4n) is 2.77. The maximum absolute atomic E-state index is 12.7. The Morgan fingerprint density at radius 1 is 1.08 bits per heavy atom. The Labute approximate surface area is 150 Å². The minimum atomic E-state index is -0.665. The van der Waals surface area contributed by atoms with Gasteiger partial charge >= 0.3 is 0 Å². The van der Waals surface area contributed by atoms with Gasteiger partial charge in [0, 0.05) is 5.69 Å². The van der Waals surface area contributed by atoms with Crippen LogP contribution in [0, 0.1) is 0 Å². The van der Waals surface area contributed by atoms with Crippen molar-refractivity contribution < 1.29 is 19.1 Å². The third-order valence-electron chi connectivity index (χ3n) is 3.97. The van der Waals surface area contributed by atoms with Crippen LogP contribution in [-0.2, 0) is 9.59 Å². The van der Waals surface area contributed by atoms with Crippen molar-refractivity contribution in [1.82, 2.24) is 0 Å². The fraction of sp³-hybridized carbons (Fsp3) is 0.222. The van der Waals surface area contributed by atoms with Gasteiger partial charge in [-0.3, -0.25) is 9.59 Å². The molecule has 2 aromatic carbocycles. The molecule has 1 saturated heterocycles. The third-order valence-corrected chi connectivity index (χ3v) is 4.26. The van der Waals surface area contributed by atoms with E-state index in [1.807, 2.05) is 0 Å². The second kappa shape index (κ2) is 7.03. The van der Waals surface area contributed by atoms with Crippen LogP contribution >= 0.6 is 11.6 Å². The molecule has 1 N–H and O–H groups in total. The second-order valence-corrected chi connectivity index (χ2v) is 5.90. The molecule has 0 radical (unpaired) electrons. The summed E-state index contributed by atoms with van der Waals surface area (Å²) in [5.74, 6) is 0.391. The first-order valence-corrected chi connectivity index (χ1v) is 8.03. The number of carbonyl (C=O) groups is 2. The summed E-state index contributed by atoms with van der Waals surface area (Å²) in [5, 5.41) is 3.48. The first-order chi connectivity index (χ1) is 12.0. The van der Waals surface area contributed by atoms with E-state index in [0.717, 1.165) is 4.90 Å². The Morgan fingerprint density at radius 3 is 2.48 bits per heavy atom. The lowest BCUT2D eigenvalue weighted by atomic mass is 10.2. The van der Waals surface area contributed by atoms with E-state index in [-0.39, 0.29) is 18.2 Å². The number of imide groups is 1. The van der Waals surface area contributed by atoms with Crippen LogP contribution in [0.2, 0.25) is 5.02 Å². The number of benzene rings is 2. The van der Waals surface area contributed by atoms with Crippen molar-refractivity contribution >= 4 is 34.8 Å². The van der Waals surface area contributed by atoms with Gasteiger partial charge in [-0.15, -0.1) is 0 Å². The van der Waals surface area contributed by atoms with Crippen molar-refractivity contribution in [2.24, 2.45) is 0 Å². The minimum Gasteiger partial charge on any atom is -0.495 e. The van der Waals surface area contributed by atoms with Gasteiger partial charge in [0.05, 0.1) is 31.4 Å². The molecule has 0 spiro atoms. The molecule has 3 rings (SSSR count). The number of nitrogens with one attached hydrogen (secondary N) is 1. The van der Waals surface area contributed by atoms with Crippen molar-refractivity contribution in [3.8, 4) is 11.5 Å². The topological polar surface area (TPSA) is 67.9 Å². The van der Waals surface area contributed by atoms with Crippen LogP contribution in [0.25, 0.3) is 0 Å². The van der Waals surface area contributed by atoms with Gasteiger partial charge in [-0.05, 0) is 30.3 Å². The number of hydrogen-bond acceptors (Lipinski definition) is 5. The van der Waals surface area contributed by atoms with Crippen LogP contribution in [0.3, 0.4) is 0 Å². The number of para-hydroxylation sites is 2. The number of amides is 2. The molecule has 7 heteroatoms. The first-order valence-electron chi connectivity index (χ1n) is 7.65. The van der Waals surface area contributed by atoms with E-state index in [1.54, 1.807) is 42.5 Å². The molecule has 130 valence electrons. The van der Waals surface area contributed by atoms with Gasteiger partial charge in [0.2, 0.25) is 5.91 Å². The molecule has 0 unspecified atom stereocenters. The smallest absolute Gasteiger partial charge is 0.256 e. The Balaban J connectivity index is 1.83. The predicted octanol–water partition coefficient (Wildman–Crippen LogP) is 3.10. The molecule has 0 bridgehead atoms. The van der Waals surface area contributed by atoms with Crippen molar-refractivity contribution in [3.05, 3.63) is 47.5 Å².